The standard InChI is InChI=1S/C24H26FN3O2/c1-18-4-3-14-26(16-18)28-17-23(20-7-9-21(25)10-8-20)27(24(28)29)15-13-19-5-11-22(30-2)12-6-19/h3-12,14,23H,13,15-17H2,1-2H3. The minimum absolute atomic E-state index is 0.0304. The average molecular weight is 407 g/mol. The van der Waals surface area contributed by atoms with Gasteiger partial charge in [-0.1, -0.05) is 35.9 Å². The van der Waals surface area contributed by atoms with Crippen molar-refractivity contribution in [1.29, 1.82) is 0 Å². The maximum absolute atomic E-state index is 13.5. The summed E-state index contributed by atoms with van der Waals surface area (Å²) in [5, 5.41) is 3.75. The van der Waals surface area contributed by atoms with E-state index in [-0.39, 0.29) is 17.9 Å². The Hall–Kier alpha value is -3.28. The van der Waals surface area contributed by atoms with Gasteiger partial charge in [-0.2, -0.15) is 0 Å². The monoisotopic (exact) mass is 407 g/mol. The zero-order chi connectivity index (χ0) is 21.1. The Kier molecular flexibility index (Phi) is 5.74. The lowest BCUT2D eigenvalue weighted by Gasteiger charge is -2.32. The van der Waals surface area contributed by atoms with Crippen molar-refractivity contribution in [2.45, 2.75) is 19.4 Å². The number of hydrogen-bond donors (Lipinski definition) is 0. The third-order valence-corrected chi connectivity index (χ3v) is 5.60. The Balaban J connectivity index is 1.55. The lowest BCUT2D eigenvalue weighted by molar-refractivity contribution is 0.0820. The van der Waals surface area contributed by atoms with Crippen molar-refractivity contribution in [2.75, 3.05) is 26.7 Å². The van der Waals surface area contributed by atoms with E-state index in [2.05, 4.69) is 13.0 Å². The number of benzene rings is 2. The van der Waals surface area contributed by atoms with E-state index in [1.807, 2.05) is 46.5 Å². The van der Waals surface area contributed by atoms with Gasteiger partial charge >= 0.3 is 6.03 Å². The number of hydrazine groups is 1. The molecule has 2 aromatic rings. The predicted octanol–water partition coefficient (Wildman–Crippen LogP) is 4.55. The van der Waals surface area contributed by atoms with Gasteiger partial charge in [0.05, 0.1) is 26.2 Å². The van der Waals surface area contributed by atoms with Crippen LogP contribution >= 0.6 is 0 Å². The zero-order valence-corrected chi connectivity index (χ0v) is 17.3. The van der Waals surface area contributed by atoms with Gasteiger partial charge in [0, 0.05) is 12.7 Å². The molecule has 0 aliphatic carbocycles. The van der Waals surface area contributed by atoms with Crippen LogP contribution in [0.4, 0.5) is 9.18 Å². The molecule has 2 amide bonds. The second kappa shape index (κ2) is 8.61. The molecule has 0 N–H and O–H groups in total. The molecule has 2 aromatic carbocycles. The van der Waals surface area contributed by atoms with Crippen LogP contribution < -0.4 is 4.74 Å². The maximum Gasteiger partial charge on any atom is 0.339 e. The molecule has 6 heteroatoms. The molecule has 2 aliphatic heterocycles. The Morgan fingerprint density at radius 1 is 1.10 bits per heavy atom. The van der Waals surface area contributed by atoms with E-state index in [0.29, 0.717) is 19.6 Å². The summed E-state index contributed by atoms with van der Waals surface area (Å²) in [5.74, 6) is 0.538. The zero-order valence-electron chi connectivity index (χ0n) is 17.3. The number of urea groups is 1. The van der Waals surface area contributed by atoms with Gasteiger partial charge in [0.1, 0.15) is 11.6 Å². The third kappa shape index (κ3) is 4.17. The number of nitrogens with zero attached hydrogens (tertiary/aromatic N) is 3. The first-order valence-electron chi connectivity index (χ1n) is 10.1. The number of carbonyl (C=O) groups excluding carboxylic acids is 1. The molecule has 0 bridgehead atoms. The topological polar surface area (TPSA) is 36.0 Å². The molecule has 0 spiro atoms. The van der Waals surface area contributed by atoms with Crippen LogP contribution in [0.5, 0.6) is 5.75 Å². The van der Waals surface area contributed by atoms with Gasteiger partial charge in [0.2, 0.25) is 0 Å². The minimum Gasteiger partial charge on any atom is -0.497 e. The number of allylic oxidation sites excluding steroid dienone is 2. The van der Waals surface area contributed by atoms with Gasteiger partial charge in [-0.15, -0.1) is 0 Å². The van der Waals surface area contributed by atoms with E-state index < -0.39 is 0 Å². The average Bonchev–Trinajstić information content (AvgIpc) is 3.09. The third-order valence-electron chi connectivity index (χ3n) is 5.60. The van der Waals surface area contributed by atoms with Crippen LogP contribution in [-0.4, -0.2) is 47.7 Å². The number of ether oxygens (including phenoxy) is 1. The summed E-state index contributed by atoms with van der Waals surface area (Å²) in [5.41, 5.74) is 3.27. The van der Waals surface area contributed by atoms with Crippen molar-refractivity contribution in [1.82, 2.24) is 14.9 Å². The summed E-state index contributed by atoms with van der Waals surface area (Å²) in [4.78, 5) is 15.2. The number of methoxy groups -OCH3 is 1. The van der Waals surface area contributed by atoms with Crippen LogP contribution in [0.3, 0.4) is 0 Å². The summed E-state index contributed by atoms with van der Waals surface area (Å²) in [6, 6.07) is 14.2. The molecule has 2 heterocycles. The largest absolute Gasteiger partial charge is 0.497 e. The molecule has 0 aromatic heterocycles. The molecule has 5 nitrogen and oxygen atoms in total. The maximum atomic E-state index is 13.5. The fourth-order valence-electron chi connectivity index (χ4n) is 3.93. The number of halogens is 1. The lowest BCUT2D eigenvalue weighted by Crippen LogP contribution is -2.43. The van der Waals surface area contributed by atoms with Crippen molar-refractivity contribution in [3.63, 3.8) is 0 Å². The lowest BCUT2D eigenvalue weighted by atomic mass is 10.1. The SMILES string of the molecule is COc1ccc(CCN2C(=O)N(N3C=CC=C(C)C3)CC2c2ccc(F)cc2)cc1. The van der Waals surface area contributed by atoms with Crippen molar-refractivity contribution < 1.29 is 13.9 Å². The van der Waals surface area contributed by atoms with E-state index in [0.717, 1.165) is 23.3 Å². The summed E-state index contributed by atoms with van der Waals surface area (Å²) in [6.07, 6.45) is 6.67. The van der Waals surface area contributed by atoms with E-state index in [1.165, 1.54) is 17.7 Å². The summed E-state index contributed by atoms with van der Waals surface area (Å²) >= 11 is 0. The first kappa shape index (κ1) is 20.0. The second-order valence-electron chi connectivity index (χ2n) is 7.68. The highest BCUT2D eigenvalue weighted by Gasteiger charge is 2.40. The molecule has 156 valence electrons. The summed E-state index contributed by atoms with van der Waals surface area (Å²) in [7, 11) is 1.64. The fraction of sp³-hybridized carbons (Fsp3) is 0.292. The van der Waals surface area contributed by atoms with Crippen molar-refractivity contribution >= 4 is 6.03 Å². The first-order chi connectivity index (χ1) is 14.5. The summed E-state index contributed by atoms with van der Waals surface area (Å²) in [6.45, 7) is 3.85. The second-order valence-corrected chi connectivity index (χ2v) is 7.68. The molecular weight excluding hydrogens is 381 g/mol. The molecule has 1 atom stereocenters. The molecule has 4 rings (SSSR count). The van der Waals surface area contributed by atoms with Crippen LogP contribution in [-0.2, 0) is 6.42 Å². The number of rotatable bonds is 6. The predicted molar refractivity (Wildman–Crippen MR) is 114 cm³/mol. The smallest absolute Gasteiger partial charge is 0.339 e. The number of carbonyl (C=O) groups is 1. The van der Waals surface area contributed by atoms with Crippen molar-refractivity contribution in [2.24, 2.45) is 0 Å². The first-order valence-corrected chi connectivity index (χ1v) is 10.1. The van der Waals surface area contributed by atoms with E-state index in [9.17, 15) is 9.18 Å². The molecule has 0 saturated carbocycles. The van der Waals surface area contributed by atoms with Gasteiger partial charge in [-0.3, -0.25) is 5.01 Å². The van der Waals surface area contributed by atoms with E-state index in [4.69, 9.17) is 4.74 Å². The van der Waals surface area contributed by atoms with Gasteiger partial charge < -0.3 is 9.64 Å². The van der Waals surface area contributed by atoms with E-state index in [1.54, 1.807) is 24.3 Å². The number of hydrogen-bond acceptors (Lipinski definition) is 3. The fourth-order valence-corrected chi connectivity index (χ4v) is 3.93. The van der Waals surface area contributed by atoms with Crippen molar-refractivity contribution in [3.05, 3.63) is 89.4 Å². The van der Waals surface area contributed by atoms with Gasteiger partial charge in [0.15, 0.2) is 0 Å². The van der Waals surface area contributed by atoms with Gasteiger partial charge in [-0.25, -0.2) is 14.2 Å². The molecule has 0 radical (unpaired) electrons. The van der Waals surface area contributed by atoms with Gasteiger partial charge in [0.25, 0.3) is 0 Å². The highest BCUT2D eigenvalue weighted by Crippen LogP contribution is 2.32. The van der Waals surface area contributed by atoms with Crippen LogP contribution in [0.2, 0.25) is 0 Å². The normalized spacial score (nSPS) is 18.8. The Morgan fingerprint density at radius 2 is 1.83 bits per heavy atom. The van der Waals surface area contributed by atoms with Crippen LogP contribution in [0.1, 0.15) is 24.1 Å². The highest BCUT2D eigenvalue weighted by atomic mass is 19.1. The Bertz CT molecular complexity index is 953. The van der Waals surface area contributed by atoms with Crippen LogP contribution in [0.25, 0.3) is 0 Å². The van der Waals surface area contributed by atoms with Gasteiger partial charge in [-0.05, 0) is 54.8 Å². The minimum atomic E-state index is -0.274. The Labute approximate surface area is 176 Å². The Morgan fingerprint density at radius 3 is 2.50 bits per heavy atom. The van der Waals surface area contributed by atoms with Crippen LogP contribution in [0, 0.1) is 5.82 Å². The molecular formula is C24H26FN3O2. The summed E-state index contributed by atoms with van der Waals surface area (Å²) < 4.78 is 18.7. The van der Waals surface area contributed by atoms with E-state index >= 15 is 0 Å². The highest BCUT2D eigenvalue weighted by molar-refractivity contribution is 5.77. The van der Waals surface area contributed by atoms with Crippen LogP contribution in [0.15, 0.2) is 72.5 Å². The molecule has 2 aliphatic rings. The molecule has 1 fully saturated rings. The molecule has 1 unspecified atom stereocenters. The molecule has 1 saturated heterocycles. The van der Waals surface area contributed by atoms with Crippen molar-refractivity contribution in [3.8, 4) is 5.75 Å². The quantitative estimate of drug-likeness (QED) is 0.705. The number of amides is 2. The molecule has 30 heavy (non-hydrogen) atoms.